The fourth-order valence-corrected chi connectivity index (χ4v) is 6.53. The standard InChI is InChI=1S/C33H44ClN5O2/c1-3-5-20-40-33(41-21-6-4-2)25-15-18-38(19-16-25)27-11-9-24(10-12-27)26-8-7-17-39(23-26)30-14-13-28(34)31-29(22-35)36-37-32(30)31/h9-14,25-26,33H,3-8,15-21,23H2,1-2H3,(H,36,37)/t26-/m0/s1. The Morgan fingerprint density at radius 3 is 2.34 bits per heavy atom. The topological polar surface area (TPSA) is 77.4 Å². The van der Waals surface area contributed by atoms with Crippen LogP contribution in [0.1, 0.15) is 82.4 Å². The Morgan fingerprint density at radius 2 is 1.68 bits per heavy atom. The van der Waals surface area contributed by atoms with Crippen LogP contribution in [0.3, 0.4) is 0 Å². The molecular weight excluding hydrogens is 534 g/mol. The molecule has 8 heteroatoms. The smallest absolute Gasteiger partial charge is 0.171 e. The van der Waals surface area contributed by atoms with Crippen LogP contribution in [-0.2, 0) is 9.47 Å². The van der Waals surface area contributed by atoms with E-state index in [1.165, 1.54) is 17.7 Å². The van der Waals surface area contributed by atoms with E-state index in [4.69, 9.17) is 21.1 Å². The number of aromatic nitrogens is 2. The predicted molar refractivity (Wildman–Crippen MR) is 167 cm³/mol. The molecule has 1 aromatic heterocycles. The van der Waals surface area contributed by atoms with Gasteiger partial charge in [-0.2, -0.15) is 10.4 Å². The number of piperidine rings is 2. The summed E-state index contributed by atoms with van der Waals surface area (Å²) in [4.78, 5) is 4.92. The number of nitrogens with one attached hydrogen (secondary N) is 1. The van der Waals surface area contributed by atoms with Crippen molar-refractivity contribution in [2.45, 2.75) is 77.4 Å². The first-order valence-electron chi connectivity index (χ1n) is 15.5. The first kappa shape index (κ1) is 29.7. The Morgan fingerprint density at radius 1 is 0.976 bits per heavy atom. The zero-order valence-corrected chi connectivity index (χ0v) is 25.3. The first-order valence-corrected chi connectivity index (χ1v) is 15.9. The maximum absolute atomic E-state index is 9.45. The van der Waals surface area contributed by atoms with E-state index in [0.717, 1.165) is 95.5 Å². The Bertz CT molecular complexity index is 1290. The number of halogens is 1. The van der Waals surface area contributed by atoms with Crippen LogP contribution in [0.5, 0.6) is 0 Å². The predicted octanol–water partition coefficient (Wildman–Crippen LogP) is 7.65. The van der Waals surface area contributed by atoms with Gasteiger partial charge in [-0.25, -0.2) is 0 Å². The molecule has 3 aromatic rings. The lowest BCUT2D eigenvalue weighted by atomic mass is 9.89. The van der Waals surface area contributed by atoms with Gasteiger partial charge in [0.25, 0.3) is 0 Å². The highest BCUT2D eigenvalue weighted by atomic mass is 35.5. The van der Waals surface area contributed by atoms with Gasteiger partial charge in [0.15, 0.2) is 12.0 Å². The van der Waals surface area contributed by atoms with Crippen LogP contribution in [0.25, 0.3) is 10.9 Å². The highest BCUT2D eigenvalue weighted by molar-refractivity contribution is 6.36. The van der Waals surface area contributed by atoms with Crippen molar-refractivity contribution in [3.05, 3.63) is 52.7 Å². The number of nitriles is 1. The highest BCUT2D eigenvalue weighted by Crippen LogP contribution is 2.37. The summed E-state index contributed by atoms with van der Waals surface area (Å²) >= 11 is 6.43. The molecular formula is C33H44ClN5O2. The molecule has 2 aliphatic rings. The third-order valence-corrected chi connectivity index (χ3v) is 9.05. The number of H-pyrrole nitrogens is 1. The van der Waals surface area contributed by atoms with Gasteiger partial charge >= 0.3 is 0 Å². The van der Waals surface area contributed by atoms with E-state index in [1.54, 1.807) is 0 Å². The molecule has 0 unspecified atom stereocenters. The molecule has 7 nitrogen and oxygen atoms in total. The normalized spacial score (nSPS) is 18.4. The summed E-state index contributed by atoms with van der Waals surface area (Å²) in [5.41, 5.74) is 4.95. The number of hydrogen-bond donors (Lipinski definition) is 1. The molecule has 0 bridgehead atoms. The number of rotatable bonds is 12. The fourth-order valence-electron chi connectivity index (χ4n) is 6.29. The van der Waals surface area contributed by atoms with Crippen molar-refractivity contribution >= 4 is 33.9 Å². The van der Waals surface area contributed by atoms with Crippen molar-refractivity contribution in [1.82, 2.24) is 10.2 Å². The lowest BCUT2D eigenvalue weighted by Gasteiger charge is -2.37. The second-order valence-corrected chi connectivity index (χ2v) is 11.9. The van der Waals surface area contributed by atoms with Crippen molar-refractivity contribution in [1.29, 1.82) is 5.26 Å². The zero-order valence-electron chi connectivity index (χ0n) is 24.6. The molecule has 0 aliphatic carbocycles. The maximum Gasteiger partial charge on any atom is 0.171 e. The highest BCUT2D eigenvalue weighted by Gasteiger charge is 2.29. The third kappa shape index (κ3) is 6.99. The van der Waals surface area contributed by atoms with Gasteiger partial charge in [0, 0.05) is 56.9 Å². The molecule has 2 saturated heterocycles. The van der Waals surface area contributed by atoms with Crippen molar-refractivity contribution in [2.24, 2.45) is 5.92 Å². The number of ether oxygens (including phenoxy) is 2. The van der Waals surface area contributed by atoms with Crippen LogP contribution in [0, 0.1) is 17.2 Å². The number of anilines is 2. The van der Waals surface area contributed by atoms with Gasteiger partial charge in [-0.05, 0) is 68.4 Å². The summed E-state index contributed by atoms with van der Waals surface area (Å²) in [5, 5.41) is 18.0. The van der Waals surface area contributed by atoms with Crippen molar-refractivity contribution in [2.75, 3.05) is 49.2 Å². The lowest BCUT2D eigenvalue weighted by Crippen LogP contribution is -2.40. The van der Waals surface area contributed by atoms with Gasteiger partial charge in [-0.3, -0.25) is 5.10 Å². The monoisotopic (exact) mass is 577 g/mol. The molecule has 2 fully saturated rings. The summed E-state index contributed by atoms with van der Waals surface area (Å²) in [6.07, 6.45) is 8.88. The average Bonchev–Trinajstić information content (AvgIpc) is 3.46. The zero-order chi connectivity index (χ0) is 28.6. The van der Waals surface area contributed by atoms with Crippen molar-refractivity contribution in [3.8, 4) is 6.07 Å². The van der Waals surface area contributed by atoms with Crippen LogP contribution in [0.2, 0.25) is 5.02 Å². The van der Waals surface area contributed by atoms with Gasteiger partial charge in [-0.15, -0.1) is 0 Å². The van der Waals surface area contributed by atoms with Gasteiger partial charge in [0.1, 0.15) is 6.07 Å². The molecule has 0 radical (unpaired) electrons. The van der Waals surface area contributed by atoms with Gasteiger partial charge in [0.2, 0.25) is 0 Å². The van der Waals surface area contributed by atoms with Crippen molar-refractivity contribution in [3.63, 3.8) is 0 Å². The van der Waals surface area contributed by atoms with E-state index in [-0.39, 0.29) is 6.29 Å². The number of fused-ring (bicyclic) bond motifs is 1. The number of hydrogen-bond acceptors (Lipinski definition) is 6. The summed E-state index contributed by atoms with van der Waals surface area (Å²) in [6.45, 7) is 9.97. The summed E-state index contributed by atoms with van der Waals surface area (Å²) in [7, 11) is 0. The molecule has 1 atom stereocenters. The molecule has 0 spiro atoms. The maximum atomic E-state index is 9.45. The summed E-state index contributed by atoms with van der Waals surface area (Å²) < 4.78 is 12.4. The van der Waals surface area contributed by atoms with Crippen LogP contribution in [0.4, 0.5) is 11.4 Å². The number of aromatic amines is 1. The minimum Gasteiger partial charge on any atom is -0.372 e. The average molecular weight is 578 g/mol. The first-order chi connectivity index (χ1) is 20.1. The molecule has 0 saturated carbocycles. The van der Waals surface area contributed by atoms with E-state index in [1.807, 2.05) is 12.1 Å². The Labute approximate surface area is 249 Å². The SMILES string of the molecule is CCCCOC(OCCCC)C1CCN(c2ccc([C@H]3CCCN(c4ccc(Cl)c5c(C#N)n[nH]c45)C3)cc2)CC1. The molecule has 2 aromatic carbocycles. The summed E-state index contributed by atoms with van der Waals surface area (Å²) in [5.74, 6) is 0.917. The summed E-state index contributed by atoms with van der Waals surface area (Å²) in [6, 6.07) is 15.3. The van der Waals surface area contributed by atoms with E-state index in [9.17, 15) is 5.26 Å². The van der Waals surface area contributed by atoms with Gasteiger partial charge in [-0.1, -0.05) is 50.4 Å². The largest absolute Gasteiger partial charge is 0.372 e. The van der Waals surface area contributed by atoms with Gasteiger partial charge in [0.05, 0.1) is 21.6 Å². The molecule has 5 rings (SSSR count). The Balaban J connectivity index is 1.20. The van der Waals surface area contributed by atoms with Gasteiger partial charge < -0.3 is 19.3 Å². The molecule has 3 heterocycles. The third-order valence-electron chi connectivity index (χ3n) is 8.73. The number of unbranched alkanes of at least 4 members (excludes halogenated alkanes) is 2. The van der Waals surface area contributed by atoms with Crippen LogP contribution in [-0.4, -0.2) is 55.9 Å². The van der Waals surface area contributed by atoms with E-state index >= 15 is 0 Å². The molecule has 0 amide bonds. The van der Waals surface area contributed by atoms with Crippen LogP contribution < -0.4 is 9.80 Å². The minimum absolute atomic E-state index is 0.0676. The minimum atomic E-state index is -0.0676. The molecule has 41 heavy (non-hydrogen) atoms. The van der Waals surface area contributed by atoms with Crippen LogP contribution >= 0.6 is 11.6 Å². The van der Waals surface area contributed by atoms with E-state index < -0.39 is 0 Å². The lowest BCUT2D eigenvalue weighted by molar-refractivity contribution is -0.177. The molecule has 2 aliphatic heterocycles. The Kier molecular flexibility index (Phi) is 10.4. The molecule has 1 N–H and O–H groups in total. The quantitative estimate of drug-likeness (QED) is 0.176. The fraction of sp³-hybridized carbons (Fsp3) is 0.576. The van der Waals surface area contributed by atoms with E-state index in [2.05, 4.69) is 64.2 Å². The second kappa shape index (κ2) is 14.4. The molecule has 220 valence electrons. The number of benzene rings is 2. The number of nitrogens with zero attached hydrogens (tertiary/aromatic N) is 4. The van der Waals surface area contributed by atoms with Crippen LogP contribution in [0.15, 0.2) is 36.4 Å². The van der Waals surface area contributed by atoms with E-state index in [0.29, 0.717) is 27.9 Å². The Hall–Kier alpha value is -2.79. The second-order valence-electron chi connectivity index (χ2n) is 11.5. The van der Waals surface area contributed by atoms with Crippen molar-refractivity contribution < 1.29 is 9.47 Å².